The molecule has 2 heterocycles. The maximum atomic E-state index is 6.25. The molecule has 0 amide bonds. The lowest BCUT2D eigenvalue weighted by molar-refractivity contribution is 0.198. The Kier molecular flexibility index (Phi) is 4.31. The van der Waals surface area contributed by atoms with Gasteiger partial charge in [-0.3, -0.25) is 4.90 Å². The van der Waals surface area contributed by atoms with E-state index in [4.69, 9.17) is 16.6 Å². The number of fused-ring (bicyclic) bond motifs is 1. The van der Waals surface area contributed by atoms with E-state index in [1.54, 1.807) is 11.3 Å². The predicted molar refractivity (Wildman–Crippen MR) is 97.4 cm³/mol. The zero-order chi connectivity index (χ0) is 15.6. The highest BCUT2D eigenvalue weighted by Crippen LogP contribution is 2.35. The van der Waals surface area contributed by atoms with Crippen LogP contribution in [0.1, 0.15) is 16.6 Å². The van der Waals surface area contributed by atoms with Crippen LogP contribution >= 0.6 is 22.9 Å². The molecule has 5 heteroatoms. The third-order valence-electron chi connectivity index (χ3n) is 4.23. The first-order chi connectivity index (χ1) is 11.3. The zero-order valence-corrected chi connectivity index (χ0v) is 14.3. The summed E-state index contributed by atoms with van der Waals surface area (Å²) < 4.78 is 1.24. The Morgan fingerprint density at radius 2 is 1.91 bits per heavy atom. The number of nitrogens with one attached hydrogen (secondary N) is 1. The summed E-state index contributed by atoms with van der Waals surface area (Å²) >= 11 is 8.03. The van der Waals surface area contributed by atoms with Crippen molar-refractivity contribution in [1.29, 1.82) is 0 Å². The Morgan fingerprint density at radius 3 is 2.70 bits per heavy atom. The van der Waals surface area contributed by atoms with Crippen LogP contribution < -0.4 is 5.32 Å². The molecule has 118 valence electrons. The molecule has 0 radical (unpaired) electrons. The third-order valence-corrected chi connectivity index (χ3v) is 5.55. The van der Waals surface area contributed by atoms with Crippen LogP contribution in [-0.4, -0.2) is 36.1 Å². The summed E-state index contributed by atoms with van der Waals surface area (Å²) in [5.74, 6) is 0. The van der Waals surface area contributed by atoms with Gasteiger partial charge in [0.05, 0.1) is 16.3 Å². The van der Waals surface area contributed by atoms with Gasteiger partial charge in [0.25, 0.3) is 0 Å². The lowest BCUT2D eigenvalue weighted by atomic mass is 10.0. The van der Waals surface area contributed by atoms with Gasteiger partial charge in [-0.1, -0.05) is 35.9 Å². The fourth-order valence-corrected chi connectivity index (χ4v) is 4.46. The Morgan fingerprint density at radius 1 is 1.09 bits per heavy atom. The Hall–Kier alpha value is -1.46. The molecule has 23 heavy (non-hydrogen) atoms. The topological polar surface area (TPSA) is 28.2 Å². The molecule has 1 saturated heterocycles. The third kappa shape index (κ3) is 3.12. The second-order valence-electron chi connectivity index (χ2n) is 5.76. The van der Waals surface area contributed by atoms with Gasteiger partial charge in [-0.05, 0) is 29.8 Å². The van der Waals surface area contributed by atoms with E-state index in [1.165, 1.54) is 10.3 Å². The van der Waals surface area contributed by atoms with Gasteiger partial charge in [-0.2, -0.15) is 0 Å². The second-order valence-corrected chi connectivity index (χ2v) is 7.26. The van der Waals surface area contributed by atoms with E-state index >= 15 is 0 Å². The summed E-state index contributed by atoms with van der Waals surface area (Å²) in [6, 6.07) is 16.7. The van der Waals surface area contributed by atoms with E-state index in [-0.39, 0.29) is 6.04 Å². The number of rotatable bonds is 3. The lowest BCUT2D eigenvalue weighted by Gasteiger charge is -2.34. The van der Waals surface area contributed by atoms with Crippen LogP contribution in [-0.2, 0) is 0 Å². The fraction of sp³-hybridized carbons (Fsp3) is 0.278. The highest BCUT2D eigenvalue weighted by atomic mass is 35.5. The largest absolute Gasteiger partial charge is 0.314 e. The molecule has 0 aliphatic carbocycles. The number of nitrogens with zero attached hydrogens (tertiary/aromatic N) is 2. The van der Waals surface area contributed by atoms with Gasteiger partial charge >= 0.3 is 0 Å². The molecule has 1 N–H and O–H groups in total. The van der Waals surface area contributed by atoms with E-state index in [9.17, 15) is 0 Å². The minimum absolute atomic E-state index is 0.174. The van der Waals surface area contributed by atoms with Crippen LogP contribution in [0.2, 0.25) is 5.02 Å². The van der Waals surface area contributed by atoms with E-state index < -0.39 is 0 Å². The van der Waals surface area contributed by atoms with Crippen LogP contribution in [0.3, 0.4) is 0 Å². The summed E-state index contributed by atoms with van der Waals surface area (Å²) in [5.41, 5.74) is 2.30. The van der Waals surface area contributed by atoms with Gasteiger partial charge in [0, 0.05) is 31.2 Å². The van der Waals surface area contributed by atoms with E-state index in [0.717, 1.165) is 41.7 Å². The van der Waals surface area contributed by atoms with Gasteiger partial charge < -0.3 is 5.32 Å². The van der Waals surface area contributed by atoms with Gasteiger partial charge in [-0.25, -0.2) is 4.98 Å². The van der Waals surface area contributed by atoms with Crippen molar-refractivity contribution in [3.05, 3.63) is 64.1 Å². The standard InChI is InChI=1S/C18H18ClN3S/c19-14-5-3-4-13(12-14)17(22-10-8-20-9-11-22)18-21-15-6-1-2-7-16(15)23-18/h1-7,12,17,20H,8-11H2. The van der Waals surface area contributed by atoms with Crippen molar-refractivity contribution >= 4 is 33.2 Å². The van der Waals surface area contributed by atoms with Crippen LogP contribution in [0.5, 0.6) is 0 Å². The maximum absolute atomic E-state index is 6.25. The average molecular weight is 344 g/mol. The van der Waals surface area contributed by atoms with Gasteiger partial charge in [-0.15, -0.1) is 11.3 Å². The molecule has 1 aliphatic heterocycles. The molecule has 0 bridgehead atoms. The van der Waals surface area contributed by atoms with Crippen LogP contribution in [0.25, 0.3) is 10.2 Å². The van der Waals surface area contributed by atoms with E-state index in [2.05, 4.69) is 40.5 Å². The minimum Gasteiger partial charge on any atom is -0.314 e. The summed E-state index contributed by atoms with van der Waals surface area (Å²) in [4.78, 5) is 7.41. The van der Waals surface area contributed by atoms with Crippen molar-refractivity contribution in [1.82, 2.24) is 15.2 Å². The molecule has 4 rings (SSSR count). The molecule has 1 fully saturated rings. The van der Waals surface area contributed by atoms with Gasteiger partial charge in [0.2, 0.25) is 0 Å². The average Bonchev–Trinajstić information content (AvgIpc) is 2.99. The quantitative estimate of drug-likeness (QED) is 0.780. The molecule has 0 spiro atoms. The number of hydrogen-bond acceptors (Lipinski definition) is 4. The smallest absolute Gasteiger partial charge is 0.116 e. The van der Waals surface area contributed by atoms with Crippen molar-refractivity contribution in [2.45, 2.75) is 6.04 Å². The number of hydrogen-bond donors (Lipinski definition) is 1. The Balaban J connectivity index is 1.80. The lowest BCUT2D eigenvalue weighted by Crippen LogP contribution is -2.45. The molecule has 1 aromatic heterocycles. The summed E-state index contributed by atoms with van der Waals surface area (Å²) in [6.45, 7) is 4.07. The number of thiazole rings is 1. The number of aromatic nitrogens is 1. The predicted octanol–water partition coefficient (Wildman–Crippen LogP) is 3.94. The molecule has 0 saturated carbocycles. The Bertz CT molecular complexity index is 778. The number of piperazine rings is 1. The first kappa shape index (κ1) is 15.1. The molecule has 2 aromatic carbocycles. The minimum atomic E-state index is 0.174. The van der Waals surface area contributed by atoms with E-state index in [1.807, 2.05) is 18.2 Å². The zero-order valence-electron chi connectivity index (χ0n) is 12.7. The number of halogens is 1. The van der Waals surface area contributed by atoms with Crippen molar-refractivity contribution in [2.24, 2.45) is 0 Å². The first-order valence-electron chi connectivity index (χ1n) is 7.87. The molecule has 1 atom stereocenters. The first-order valence-corrected chi connectivity index (χ1v) is 9.06. The SMILES string of the molecule is Clc1cccc(C(c2nc3ccccc3s2)N2CCNCC2)c1. The molecular formula is C18H18ClN3S. The van der Waals surface area contributed by atoms with Crippen LogP contribution in [0.15, 0.2) is 48.5 Å². The van der Waals surface area contributed by atoms with Crippen molar-refractivity contribution < 1.29 is 0 Å². The number of para-hydroxylation sites is 1. The van der Waals surface area contributed by atoms with Gasteiger partial charge in [0.15, 0.2) is 0 Å². The summed E-state index contributed by atoms with van der Waals surface area (Å²) in [7, 11) is 0. The van der Waals surface area contributed by atoms with E-state index in [0.29, 0.717) is 0 Å². The summed E-state index contributed by atoms with van der Waals surface area (Å²) in [5, 5.41) is 5.36. The fourth-order valence-electron chi connectivity index (χ4n) is 3.13. The highest BCUT2D eigenvalue weighted by molar-refractivity contribution is 7.18. The second kappa shape index (κ2) is 6.57. The molecule has 3 aromatic rings. The van der Waals surface area contributed by atoms with Crippen molar-refractivity contribution in [3.63, 3.8) is 0 Å². The molecule has 1 aliphatic rings. The monoisotopic (exact) mass is 343 g/mol. The van der Waals surface area contributed by atoms with Gasteiger partial charge in [0.1, 0.15) is 5.01 Å². The van der Waals surface area contributed by atoms with Crippen LogP contribution in [0, 0.1) is 0 Å². The van der Waals surface area contributed by atoms with Crippen LogP contribution in [0.4, 0.5) is 0 Å². The molecular weight excluding hydrogens is 326 g/mol. The number of benzene rings is 2. The normalized spacial score (nSPS) is 17.4. The maximum Gasteiger partial charge on any atom is 0.116 e. The Labute approximate surface area is 144 Å². The highest BCUT2D eigenvalue weighted by Gasteiger charge is 2.26. The van der Waals surface area contributed by atoms with Crippen molar-refractivity contribution in [3.8, 4) is 0 Å². The molecule has 1 unspecified atom stereocenters. The summed E-state index contributed by atoms with van der Waals surface area (Å²) in [6.07, 6.45) is 0. The molecule has 3 nitrogen and oxygen atoms in total. The van der Waals surface area contributed by atoms with Crippen molar-refractivity contribution in [2.75, 3.05) is 26.2 Å².